The van der Waals surface area contributed by atoms with Crippen LogP contribution in [0.5, 0.6) is 5.75 Å². The number of hydrogen-bond acceptors (Lipinski definition) is 4. The lowest BCUT2D eigenvalue weighted by Crippen LogP contribution is -2.25. The number of para-hydroxylation sites is 1. The molecule has 5 nitrogen and oxygen atoms in total. The first-order chi connectivity index (χ1) is 14.8. The molecule has 0 spiro atoms. The number of aliphatic hydroxyl groups is 2. The van der Waals surface area contributed by atoms with E-state index in [2.05, 4.69) is 5.32 Å². The fraction of sp³-hybridized carbons (Fsp3) is 0.542. The van der Waals surface area contributed by atoms with Gasteiger partial charge in [-0.3, -0.25) is 4.79 Å². The highest BCUT2D eigenvalue weighted by atomic mass is 19.3. The zero-order chi connectivity index (χ0) is 22.7. The van der Waals surface area contributed by atoms with Gasteiger partial charge in [0, 0.05) is 25.3 Å². The largest absolute Gasteiger partial charge is 0.487 e. The van der Waals surface area contributed by atoms with Crippen molar-refractivity contribution in [3.8, 4) is 5.75 Å². The van der Waals surface area contributed by atoms with Crippen molar-refractivity contribution >= 4 is 5.91 Å². The number of rotatable bonds is 12. The zero-order valence-electron chi connectivity index (χ0n) is 17.9. The van der Waals surface area contributed by atoms with E-state index >= 15 is 0 Å². The van der Waals surface area contributed by atoms with Crippen LogP contribution in [0.1, 0.15) is 39.0 Å². The second-order valence-corrected chi connectivity index (χ2v) is 7.89. The van der Waals surface area contributed by atoms with Crippen molar-refractivity contribution in [3.63, 3.8) is 0 Å². The summed E-state index contributed by atoms with van der Waals surface area (Å²) in [5.74, 6) is -3.70. The monoisotopic (exact) mass is 437 g/mol. The summed E-state index contributed by atoms with van der Waals surface area (Å²) in [5, 5.41) is 23.2. The molecule has 0 saturated heterocycles. The van der Waals surface area contributed by atoms with Gasteiger partial charge in [0.25, 0.3) is 5.92 Å². The number of nitrogens with one attached hydrogen (secondary N) is 1. The van der Waals surface area contributed by atoms with Gasteiger partial charge in [0.1, 0.15) is 5.75 Å². The van der Waals surface area contributed by atoms with E-state index in [0.717, 1.165) is 18.9 Å². The Morgan fingerprint density at radius 2 is 1.97 bits per heavy atom. The Hall–Kier alpha value is -2.25. The fourth-order valence-electron chi connectivity index (χ4n) is 3.74. The summed E-state index contributed by atoms with van der Waals surface area (Å²) in [6, 6.07) is 8.40. The highest BCUT2D eigenvalue weighted by Crippen LogP contribution is 2.37. The number of hydrogen-bond donors (Lipinski definition) is 3. The molecule has 1 aliphatic rings. The molecule has 0 heterocycles. The molecule has 0 bridgehead atoms. The molecule has 172 valence electrons. The standard InChI is InChI=1S/C24H33F2NO4/c1-2-27-23(30)13-9-4-3-8-12-19-20(22(29)16-21(19)28)14-15-24(25,26)17-31-18-10-6-5-7-11-18/h3,5-8,10-11,14-15,19-22,28-29H,2,4,9,12-13,16-17H2,1H3,(H,27,30)/b8-3+,15-14+/t19-,20-,21+,22-/m1/s1. The lowest BCUT2D eigenvalue weighted by molar-refractivity contribution is -0.121. The van der Waals surface area contributed by atoms with Crippen LogP contribution in [-0.2, 0) is 4.79 Å². The molecule has 2 rings (SSSR count). The Morgan fingerprint density at radius 1 is 1.23 bits per heavy atom. The minimum atomic E-state index is -3.19. The molecule has 4 atom stereocenters. The molecule has 1 amide bonds. The van der Waals surface area contributed by atoms with E-state index in [9.17, 15) is 23.8 Å². The van der Waals surface area contributed by atoms with Crippen molar-refractivity contribution in [2.75, 3.05) is 13.2 Å². The van der Waals surface area contributed by atoms with Crippen LogP contribution < -0.4 is 10.1 Å². The van der Waals surface area contributed by atoms with Gasteiger partial charge < -0.3 is 20.3 Å². The lowest BCUT2D eigenvalue weighted by Gasteiger charge is -2.20. The summed E-state index contributed by atoms with van der Waals surface area (Å²) < 4.78 is 33.6. The third kappa shape index (κ3) is 8.79. The Balaban J connectivity index is 1.84. The number of amides is 1. The van der Waals surface area contributed by atoms with E-state index in [0.29, 0.717) is 25.1 Å². The summed E-state index contributed by atoms with van der Waals surface area (Å²) >= 11 is 0. The number of allylic oxidation sites excluding steroid dienone is 2. The van der Waals surface area contributed by atoms with E-state index in [1.165, 1.54) is 6.08 Å². The van der Waals surface area contributed by atoms with Crippen LogP contribution in [0.15, 0.2) is 54.6 Å². The van der Waals surface area contributed by atoms with E-state index in [4.69, 9.17) is 4.74 Å². The smallest absolute Gasteiger partial charge is 0.299 e. The molecule has 1 aromatic carbocycles. The maximum atomic E-state index is 14.2. The Kier molecular flexibility index (Phi) is 10.1. The molecule has 1 fully saturated rings. The lowest BCUT2D eigenvalue weighted by atomic mass is 9.89. The first-order valence-corrected chi connectivity index (χ1v) is 10.8. The van der Waals surface area contributed by atoms with Crippen LogP contribution in [0.2, 0.25) is 0 Å². The summed E-state index contributed by atoms with van der Waals surface area (Å²) in [7, 11) is 0. The van der Waals surface area contributed by atoms with Gasteiger partial charge in [-0.15, -0.1) is 0 Å². The van der Waals surface area contributed by atoms with Gasteiger partial charge in [0.2, 0.25) is 5.91 Å². The summed E-state index contributed by atoms with van der Waals surface area (Å²) in [6.07, 6.45) is 6.81. The average Bonchev–Trinajstić information content (AvgIpc) is 3.01. The number of ether oxygens (including phenoxy) is 1. The molecule has 0 aliphatic heterocycles. The molecule has 3 N–H and O–H groups in total. The van der Waals surface area contributed by atoms with E-state index in [-0.39, 0.29) is 18.2 Å². The molecule has 0 unspecified atom stereocenters. The Morgan fingerprint density at radius 3 is 2.68 bits per heavy atom. The second-order valence-electron chi connectivity index (χ2n) is 7.89. The molecular weight excluding hydrogens is 404 g/mol. The average molecular weight is 438 g/mol. The third-order valence-electron chi connectivity index (χ3n) is 5.38. The number of benzene rings is 1. The third-order valence-corrected chi connectivity index (χ3v) is 5.38. The number of alkyl halides is 2. The first-order valence-electron chi connectivity index (χ1n) is 10.8. The predicted octanol–water partition coefficient (Wildman–Crippen LogP) is 3.87. The fourth-order valence-corrected chi connectivity index (χ4v) is 3.74. The second kappa shape index (κ2) is 12.6. The minimum Gasteiger partial charge on any atom is -0.487 e. The van der Waals surface area contributed by atoms with Gasteiger partial charge in [-0.25, -0.2) is 0 Å². The highest BCUT2D eigenvalue weighted by molar-refractivity contribution is 5.75. The molecular formula is C24H33F2NO4. The van der Waals surface area contributed by atoms with Crippen molar-refractivity contribution in [1.82, 2.24) is 5.32 Å². The number of unbranched alkanes of at least 4 members (excludes halogenated alkanes) is 1. The van der Waals surface area contributed by atoms with Crippen molar-refractivity contribution in [3.05, 3.63) is 54.6 Å². The van der Waals surface area contributed by atoms with Gasteiger partial charge in [0.05, 0.1) is 12.2 Å². The van der Waals surface area contributed by atoms with Crippen LogP contribution in [-0.4, -0.2) is 47.4 Å². The van der Waals surface area contributed by atoms with Crippen LogP contribution in [0.4, 0.5) is 8.78 Å². The quantitative estimate of drug-likeness (QED) is 0.343. The van der Waals surface area contributed by atoms with Crippen molar-refractivity contribution in [2.45, 2.75) is 57.2 Å². The summed E-state index contributed by atoms with van der Waals surface area (Å²) in [5.41, 5.74) is 0. The molecule has 31 heavy (non-hydrogen) atoms. The molecule has 1 aromatic rings. The van der Waals surface area contributed by atoms with Crippen LogP contribution in [0.25, 0.3) is 0 Å². The summed E-state index contributed by atoms with van der Waals surface area (Å²) in [6.45, 7) is 1.69. The van der Waals surface area contributed by atoms with Gasteiger partial charge in [0.15, 0.2) is 6.61 Å². The topological polar surface area (TPSA) is 78.8 Å². The SMILES string of the molecule is CCNC(=O)CCC/C=C/C[C@@H]1[C@@H](/C=C/C(F)(F)COc2ccccc2)[C@H](O)C[C@@H]1O. The van der Waals surface area contributed by atoms with Crippen molar-refractivity contribution < 1.29 is 28.5 Å². The molecule has 1 saturated carbocycles. The molecule has 1 aliphatic carbocycles. The highest BCUT2D eigenvalue weighted by Gasteiger charge is 2.40. The zero-order valence-corrected chi connectivity index (χ0v) is 17.9. The first kappa shape index (κ1) is 25.0. The van der Waals surface area contributed by atoms with E-state index < -0.39 is 30.7 Å². The predicted molar refractivity (Wildman–Crippen MR) is 116 cm³/mol. The molecule has 0 aromatic heterocycles. The summed E-state index contributed by atoms with van der Waals surface area (Å²) in [4.78, 5) is 11.4. The van der Waals surface area contributed by atoms with Gasteiger partial charge in [-0.1, -0.05) is 36.4 Å². The van der Waals surface area contributed by atoms with E-state index in [1.54, 1.807) is 30.3 Å². The normalized spacial score (nSPS) is 24.2. The maximum absolute atomic E-state index is 14.2. The molecule has 0 radical (unpaired) electrons. The molecule has 7 heteroatoms. The van der Waals surface area contributed by atoms with Gasteiger partial charge in [-0.05, 0) is 50.3 Å². The minimum absolute atomic E-state index is 0.0209. The van der Waals surface area contributed by atoms with Crippen LogP contribution in [0, 0.1) is 11.8 Å². The van der Waals surface area contributed by atoms with Crippen LogP contribution >= 0.6 is 0 Å². The Bertz CT molecular complexity index is 724. The number of carbonyl (C=O) groups excluding carboxylic acids is 1. The maximum Gasteiger partial charge on any atom is 0.299 e. The van der Waals surface area contributed by atoms with Crippen molar-refractivity contribution in [1.29, 1.82) is 0 Å². The van der Waals surface area contributed by atoms with Crippen molar-refractivity contribution in [2.24, 2.45) is 11.8 Å². The number of halogens is 2. The van der Waals surface area contributed by atoms with Crippen LogP contribution in [0.3, 0.4) is 0 Å². The van der Waals surface area contributed by atoms with E-state index in [1.807, 2.05) is 19.1 Å². The van der Waals surface area contributed by atoms with Gasteiger partial charge >= 0.3 is 0 Å². The number of aliphatic hydroxyl groups excluding tert-OH is 2. The Labute approximate surface area is 182 Å². The van der Waals surface area contributed by atoms with Gasteiger partial charge in [-0.2, -0.15) is 8.78 Å². The number of carbonyl (C=O) groups is 1.